The lowest BCUT2D eigenvalue weighted by molar-refractivity contribution is -0.142. The second-order valence-electron chi connectivity index (χ2n) is 9.12. The van der Waals surface area contributed by atoms with Crippen LogP contribution in [0.4, 0.5) is 0 Å². The maximum Gasteiger partial charge on any atom is 0.313 e. The third-order valence-electron chi connectivity index (χ3n) is 6.47. The van der Waals surface area contributed by atoms with Crippen molar-refractivity contribution < 1.29 is 9.53 Å². The smallest absolute Gasteiger partial charge is 0.313 e. The predicted octanol–water partition coefficient (Wildman–Crippen LogP) is 8.82. The molecule has 2 heteroatoms. The van der Waals surface area contributed by atoms with Crippen molar-refractivity contribution in [3.63, 3.8) is 0 Å². The van der Waals surface area contributed by atoms with Crippen molar-refractivity contribution >= 4 is 5.97 Å². The average Bonchev–Trinajstić information content (AvgIpc) is 2.74. The lowest BCUT2D eigenvalue weighted by atomic mass is 9.87. The fourth-order valence-electron chi connectivity index (χ4n) is 4.62. The van der Waals surface area contributed by atoms with Gasteiger partial charge in [-0.05, 0) is 37.0 Å². The lowest BCUT2D eigenvalue weighted by Gasteiger charge is -2.19. The molecule has 1 rings (SSSR count). The minimum atomic E-state index is -0.113. The number of rotatable bonds is 18. The van der Waals surface area contributed by atoms with Gasteiger partial charge in [-0.3, -0.25) is 4.79 Å². The number of hydrogen-bond acceptors (Lipinski definition) is 2. The van der Waals surface area contributed by atoms with E-state index in [2.05, 4.69) is 39.0 Å². The van der Waals surface area contributed by atoms with Gasteiger partial charge in [0, 0.05) is 0 Å². The van der Waals surface area contributed by atoms with Gasteiger partial charge in [-0.25, -0.2) is 0 Å². The highest BCUT2D eigenvalue weighted by molar-refractivity contribution is 5.79. The van der Waals surface area contributed by atoms with Crippen LogP contribution in [0.15, 0.2) is 18.2 Å². The molecule has 172 valence electrons. The highest BCUT2D eigenvalue weighted by Crippen LogP contribution is 2.29. The van der Waals surface area contributed by atoms with E-state index >= 15 is 0 Å². The van der Waals surface area contributed by atoms with E-state index in [1.54, 1.807) is 0 Å². The molecule has 0 aliphatic carbocycles. The molecule has 30 heavy (non-hydrogen) atoms. The molecule has 0 amide bonds. The molecule has 1 aromatic rings. The molecule has 0 bridgehead atoms. The van der Waals surface area contributed by atoms with Gasteiger partial charge in [-0.1, -0.05) is 121 Å². The molecule has 0 spiro atoms. The third kappa shape index (κ3) is 11.2. The number of carbonyl (C=O) groups excluding carboxylic acids is 1. The maximum absolute atomic E-state index is 12.4. The first-order valence-electron chi connectivity index (χ1n) is 12.8. The second-order valence-corrected chi connectivity index (χ2v) is 9.12. The summed E-state index contributed by atoms with van der Waals surface area (Å²) in [6, 6.07) is 6.27. The standard InChI is InChI=1S/C28H48O2/c1-5-6-7-8-9-10-11-12-13-14-15-16-17-18-19-23-26(28(29)30-4)27-24(2)21-20-22-25(27)3/h20-22,26H,5-19,23H2,1-4H3. The predicted molar refractivity (Wildman–Crippen MR) is 130 cm³/mol. The summed E-state index contributed by atoms with van der Waals surface area (Å²) in [5.74, 6) is -0.198. The minimum Gasteiger partial charge on any atom is -0.469 e. The Hall–Kier alpha value is -1.31. The van der Waals surface area contributed by atoms with Crippen molar-refractivity contribution in [2.24, 2.45) is 0 Å². The van der Waals surface area contributed by atoms with Crippen molar-refractivity contribution in [3.05, 3.63) is 34.9 Å². The van der Waals surface area contributed by atoms with E-state index in [0.717, 1.165) is 12.8 Å². The number of carbonyl (C=O) groups is 1. The Morgan fingerprint density at radius 2 is 1.13 bits per heavy atom. The Kier molecular flexibility index (Phi) is 15.5. The highest BCUT2D eigenvalue weighted by Gasteiger charge is 2.24. The molecule has 0 N–H and O–H groups in total. The molecule has 0 saturated carbocycles. The van der Waals surface area contributed by atoms with Crippen LogP contribution in [0, 0.1) is 13.8 Å². The van der Waals surface area contributed by atoms with Crippen molar-refractivity contribution in [3.8, 4) is 0 Å². The molecule has 0 fully saturated rings. The number of ether oxygens (including phenoxy) is 1. The topological polar surface area (TPSA) is 26.3 Å². The number of hydrogen-bond donors (Lipinski definition) is 0. The number of aryl methyl sites for hydroxylation is 2. The molecule has 1 atom stereocenters. The van der Waals surface area contributed by atoms with Gasteiger partial charge < -0.3 is 4.74 Å². The van der Waals surface area contributed by atoms with Crippen LogP contribution in [0.1, 0.15) is 132 Å². The lowest BCUT2D eigenvalue weighted by Crippen LogP contribution is -2.16. The third-order valence-corrected chi connectivity index (χ3v) is 6.47. The maximum atomic E-state index is 12.4. The summed E-state index contributed by atoms with van der Waals surface area (Å²) in [6.07, 6.45) is 21.4. The van der Waals surface area contributed by atoms with Crippen LogP contribution in [-0.4, -0.2) is 13.1 Å². The summed E-state index contributed by atoms with van der Waals surface area (Å²) in [6.45, 7) is 6.49. The first-order chi connectivity index (χ1) is 14.6. The zero-order chi connectivity index (χ0) is 22.0. The zero-order valence-electron chi connectivity index (χ0n) is 20.4. The van der Waals surface area contributed by atoms with E-state index in [9.17, 15) is 4.79 Å². The Morgan fingerprint density at radius 1 is 0.733 bits per heavy atom. The fraction of sp³-hybridized carbons (Fsp3) is 0.750. The summed E-state index contributed by atoms with van der Waals surface area (Å²) in [4.78, 5) is 12.4. The molecule has 0 aromatic heterocycles. The van der Waals surface area contributed by atoms with Crippen LogP contribution in [-0.2, 0) is 9.53 Å². The van der Waals surface area contributed by atoms with Crippen LogP contribution in [0.3, 0.4) is 0 Å². The summed E-state index contributed by atoms with van der Waals surface area (Å²) in [5.41, 5.74) is 3.58. The fourth-order valence-corrected chi connectivity index (χ4v) is 4.62. The van der Waals surface area contributed by atoms with Crippen LogP contribution < -0.4 is 0 Å². The van der Waals surface area contributed by atoms with Crippen LogP contribution in [0.5, 0.6) is 0 Å². The number of methoxy groups -OCH3 is 1. The first kappa shape index (κ1) is 26.7. The number of esters is 1. The molecule has 0 aliphatic heterocycles. The quantitative estimate of drug-likeness (QED) is 0.176. The molecule has 0 saturated heterocycles. The van der Waals surface area contributed by atoms with E-state index in [0.29, 0.717) is 0 Å². The zero-order valence-corrected chi connectivity index (χ0v) is 20.4. The van der Waals surface area contributed by atoms with E-state index < -0.39 is 0 Å². The van der Waals surface area contributed by atoms with Gasteiger partial charge in [0.1, 0.15) is 0 Å². The van der Waals surface area contributed by atoms with Crippen LogP contribution in [0.25, 0.3) is 0 Å². The minimum absolute atomic E-state index is 0.0854. The van der Waals surface area contributed by atoms with E-state index in [1.807, 2.05) is 0 Å². The Labute approximate surface area is 187 Å². The van der Waals surface area contributed by atoms with Gasteiger partial charge in [0.2, 0.25) is 0 Å². The number of benzene rings is 1. The Morgan fingerprint density at radius 3 is 1.53 bits per heavy atom. The average molecular weight is 417 g/mol. The molecule has 0 radical (unpaired) electrons. The molecule has 0 aliphatic rings. The highest BCUT2D eigenvalue weighted by atomic mass is 16.5. The Bertz CT molecular complexity index is 544. The van der Waals surface area contributed by atoms with Crippen LogP contribution in [0.2, 0.25) is 0 Å². The van der Waals surface area contributed by atoms with Crippen LogP contribution >= 0.6 is 0 Å². The molecule has 2 nitrogen and oxygen atoms in total. The summed E-state index contributed by atoms with van der Waals surface area (Å²) >= 11 is 0. The van der Waals surface area contributed by atoms with Gasteiger partial charge in [0.15, 0.2) is 0 Å². The molecule has 1 aromatic carbocycles. The van der Waals surface area contributed by atoms with Crippen molar-refractivity contribution in [2.45, 2.75) is 129 Å². The van der Waals surface area contributed by atoms with Crippen molar-refractivity contribution in [2.75, 3.05) is 7.11 Å². The molecule has 1 unspecified atom stereocenters. The summed E-state index contributed by atoms with van der Waals surface area (Å²) in [5, 5.41) is 0. The molecular weight excluding hydrogens is 368 g/mol. The van der Waals surface area contributed by atoms with Crippen molar-refractivity contribution in [1.29, 1.82) is 0 Å². The summed E-state index contributed by atoms with van der Waals surface area (Å²) in [7, 11) is 1.51. The van der Waals surface area contributed by atoms with E-state index in [-0.39, 0.29) is 11.9 Å². The first-order valence-corrected chi connectivity index (χ1v) is 12.8. The van der Waals surface area contributed by atoms with Crippen molar-refractivity contribution in [1.82, 2.24) is 0 Å². The van der Waals surface area contributed by atoms with Gasteiger partial charge in [0.05, 0.1) is 13.0 Å². The van der Waals surface area contributed by atoms with Gasteiger partial charge in [-0.15, -0.1) is 0 Å². The van der Waals surface area contributed by atoms with Gasteiger partial charge >= 0.3 is 5.97 Å². The molecular formula is C28H48O2. The van der Waals surface area contributed by atoms with E-state index in [1.165, 1.54) is 114 Å². The normalized spacial score (nSPS) is 12.1. The largest absolute Gasteiger partial charge is 0.469 e. The monoisotopic (exact) mass is 416 g/mol. The summed E-state index contributed by atoms with van der Waals surface area (Å²) < 4.78 is 5.11. The SMILES string of the molecule is CCCCCCCCCCCCCCCCCC(C(=O)OC)c1c(C)cccc1C. The number of unbranched alkanes of at least 4 members (excludes halogenated alkanes) is 14. The van der Waals surface area contributed by atoms with E-state index in [4.69, 9.17) is 4.74 Å². The van der Waals surface area contributed by atoms with Gasteiger partial charge in [0.25, 0.3) is 0 Å². The van der Waals surface area contributed by atoms with Gasteiger partial charge in [-0.2, -0.15) is 0 Å². The Balaban J connectivity index is 2.10. The molecule has 0 heterocycles. The second kappa shape index (κ2) is 17.4.